The van der Waals surface area contributed by atoms with E-state index in [0.29, 0.717) is 11.4 Å². The number of nitrogens with one attached hydrogen (secondary N) is 4. The summed E-state index contributed by atoms with van der Waals surface area (Å²) in [5, 5.41) is 16.1. The van der Waals surface area contributed by atoms with Crippen molar-refractivity contribution >= 4 is 47.3 Å². The largest absolute Gasteiger partial charge is 0.480 e. The van der Waals surface area contributed by atoms with Gasteiger partial charge in [-0.25, -0.2) is 9.78 Å². The molecule has 1 aromatic heterocycles. The van der Waals surface area contributed by atoms with Gasteiger partial charge < -0.3 is 43.2 Å². The van der Waals surface area contributed by atoms with Crippen LogP contribution in [0.2, 0.25) is 0 Å². The highest BCUT2D eigenvalue weighted by Gasteiger charge is 2.32. The van der Waals surface area contributed by atoms with Crippen LogP contribution in [0, 0.1) is 0 Å². The molecule has 1 heterocycles. The van der Waals surface area contributed by atoms with Crippen molar-refractivity contribution in [3.63, 3.8) is 0 Å². The van der Waals surface area contributed by atoms with Gasteiger partial charge in [-0.05, 0) is 18.4 Å². The Hall–Kier alpha value is -3.66. The molecular weight excluding hydrogens is 484 g/mol. The Morgan fingerprint density at radius 3 is 1.91 bits per heavy atom. The third-order valence-corrected chi connectivity index (χ3v) is 5.28. The van der Waals surface area contributed by atoms with Crippen LogP contribution in [-0.4, -0.2) is 86.8 Å². The average Bonchev–Trinajstić information content (AvgIpc) is 3.27. The summed E-state index contributed by atoms with van der Waals surface area (Å²) >= 11 is 1.36. The molecule has 1 aromatic rings. The van der Waals surface area contributed by atoms with Crippen LogP contribution in [0.15, 0.2) is 12.5 Å². The van der Waals surface area contributed by atoms with Crippen molar-refractivity contribution in [2.75, 3.05) is 12.0 Å². The van der Waals surface area contributed by atoms with E-state index in [-0.39, 0.29) is 12.8 Å². The van der Waals surface area contributed by atoms with Crippen molar-refractivity contribution in [1.29, 1.82) is 0 Å². The normalized spacial score (nSPS) is 14.1. The summed E-state index contributed by atoms with van der Waals surface area (Å²) in [6.07, 6.45) is 3.45. The summed E-state index contributed by atoms with van der Waals surface area (Å²) in [7, 11) is 0. The summed E-state index contributed by atoms with van der Waals surface area (Å²) in [5.41, 5.74) is 16.7. The number of imidazole rings is 1. The predicted molar refractivity (Wildman–Crippen MR) is 124 cm³/mol. The second-order valence-corrected chi connectivity index (χ2v) is 8.52. The fourth-order valence-corrected chi connectivity index (χ4v) is 3.33. The van der Waals surface area contributed by atoms with Gasteiger partial charge in [0.15, 0.2) is 0 Å². The van der Waals surface area contributed by atoms with Gasteiger partial charge in [-0.15, -0.1) is 0 Å². The molecule has 0 aliphatic carbocycles. The SMILES string of the molecule is CSCCC(NC(=O)C(CC(N)=O)NC(=O)C(CC(N)=O)NC(=O)C(N)Cc1cnc[nH]1)C(=O)O. The third-order valence-electron chi connectivity index (χ3n) is 4.63. The maximum absolute atomic E-state index is 12.8. The highest BCUT2D eigenvalue weighted by molar-refractivity contribution is 7.98. The monoisotopic (exact) mass is 514 g/mol. The highest BCUT2D eigenvalue weighted by atomic mass is 32.2. The van der Waals surface area contributed by atoms with Crippen LogP contribution in [0.3, 0.4) is 0 Å². The number of carbonyl (C=O) groups is 6. The van der Waals surface area contributed by atoms with Gasteiger partial charge in [0.25, 0.3) is 0 Å². The van der Waals surface area contributed by atoms with E-state index in [1.54, 1.807) is 6.26 Å². The van der Waals surface area contributed by atoms with Crippen LogP contribution in [-0.2, 0) is 35.2 Å². The highest BCUT2D eigenvalue weighted by Crippen LogP contribution is 2.04. The Morgan fingerprint density at radius 2 is 1.49 bits per heavy atom. The quantitative estimate of drug-likeness (QED) is 0.107. The molecule has 0 aliphatic heterocycles. The number of thioether (sulfide) groups is 1. The van der Waals surface area contributed by atoms with E-state index in [1.165, 1.54) is 24.3 Å². The van der Waals surface area contributed by atoms with E-state index in [2.05, 4.69) is 25.9 Å². The number of hydrogen-bond donors (Lipinski definition) is 8. The number of carbonyl (C=O) groups excluding carboxylic acids is 5. The minimum absolute atomic E-state index is 0.0517. The first-order chi connectivity index (χ1) is 16.4. The summed E-state index contributed by atoms with van der Waals surface area (Å²) in [4.78, 5) is 78.8. The van der Waals surface area contributed by atoms with Crippen LogP contribution < -0.4 is 33.2 Å². The summed E-state index contributed by atoms with van der Waals surface area (Å²) in [5.74, 6) is -5.57. The lowest BCUT2D eigenvalue weighted by Crippen LogP contribution is -2.58. The zero-order chi connectivity index (χ0) is 26.5. The van der Waals surface area contributed by atoms with Gasteiger partial charge in [-0.2, -0.15) is 11.8 Å². The smallest absolute Gasteiger partial charge is 0.326 e. The molecule has 11 N–H and O–H groups in total. The molecule has 4 unspecified atom stereocenters. The van der Waals surface area contributed by atoms with Crippen molar-refractivity contribution in [1.82, 2.24) is 25.9 Å². The molecule has 15 nitrogen and oxygen atoms in total. The lowest BCUT2D eigenvalue weighted by Gasteiger charge is -2.24. The minimum atomic E-state index is -1.57. The molecule has 0 saturated carbocycles. The van der Waals surface area contributed by atoms with Crippen molar-refractivity contribution in [2.24, 2.45) is 17.2 Å². The number of hydrogen-bond acceptors (Lipinski definition) is 9. The molecule has 0 spiro atoms. The molecule has 5 amide bonds. The number of aliphatic carboxylic acids is 1. The minimum Gasteiger partial charge on any atom is -0.480 e. The average molecular weight is 515 g/mol. The van der Waals surface area contributed by atoms with Crippen LogP contribution in [0.4, 0.5) is 0 Å². The van der Waals surface area contributed by atoms with Crippen molar-refractivity contribution in [3.8, 4) is 0 Å². The fourth-order valence-electron chi connectivity index (χ4n) is 2.86. The lowest BCUT2D eigenvalue weighted by atomic mass is 10.1. The molecule has 16 heteroatoms. The lowest BCUT2D eigenvalue weighted by molar-refractivity contribution is -0.142. The Labute approximate surface area is 204 Å². The maximum Gasteiger partial charge on any atom is 0.326 e. The van der Waals surface area contributed by atoms with E-state index in [4.69, 9.17) is 17.2 Å². The maximum atomic E-state index is 12.8. The fraction of sp³-hybridized carbons (Fsp3) is 0.526. The van der Waals surface area contributed by atoms with Gasteiger partial charge in [-0.1, -0.05) is 0 Å². The number of primary amides is 2. The number of nitrogens with two attached hydrogens (primary N) is 3. The first kappa shape index (κ1) is 29.4. The molecule has 35 heavy (non-hydrogen) atoms. The van der Waals surface area contributed by atoms with Gasteiger partial charge in [0, 0.05) is 18.3 Å². The van der Waals surface area contributed by atoms with Gasteiger partial charge >= 0.3 is 5.97 Å². The summed E-state index contributed by atoms with van der Waals surface area (Å²) < 4.78 is 0. The van der Waals surface area contributed by atoms with Gasteiger partial charge in [0.05, 0.1) is 25.2 Å². The molecular formula is C19H30N8O7S. The molecule has 1 rings (SSSR count). The van der Waals surface area contributed by atoms with E-state index in [1.807, 2.05) is 0 Å². The van der Waals surface area contributed by atoms with E-state index >= 15 is 0 Å². The second kappa shape index (κ2) is 14.6. The molecule has 4 atom stereocenters. The van der Waals surface area contributed by atoms with Crippen LogP contribution >= 0.6 is 11.8 Å². The number of carboxylic acids is 1. The number of amides is 5. The van der Waals surface area contributed by atoms with Crippen molar-refractivity contribution in [2.45, 2.75) is 49.9 Å². The van der Waals surface area contributed by atoms with E-state index in [0.717, 1.165) is 0 Å². The molecule has 0 bridgehead atoms. The third kappa shape index (κ3) is 10.9. The first-order valence-corrected chi connectivity index (χ1v) is 11.8. The first-order valence-electron chi connectivity index (χ1n) is 10.4. The molecule has 0 fully saturated rings. The number of rotatable bonds is 16. The van der Waals surface area contributed by atoms with Gasteiger partial charge in [0.2, 0.25) is 29.5 Å². The van der Waals surface area contributed by atoms with Gasteiger partial charge in [-0.3, -0.25) is 24.0 Å². The van der Waals surface area contributed by atoms with Gasteiger partial charge in [0.1, 0.15) is 18.1 Å². The Bertz CT molecular complexity index is 911. The van der Waals surface area contributed by atoms with E-state index < -0.39 is 72.5 Å². The molecule has 0 aliphatic rings. The molecule has 0 saturated heterocycles. The number of H-pyrrole nitrogens is 1. The number of aromatic amines is 1. The summed E-state index contributed by atoms with van der Waals surface area (Å²) in [6.45, 7) is 0. The van der Waals surface area contributed by atoms with Crippen molar-refractivity contribution < 1.29 is 33.9 Å². The second-order valence-electron chi connectivity index (χ2n) is 7.53. The zero-order valence-corrected chi connectivity index (χ0v) is 19.8. The zero-order valence-electron chi connectivity index (χ0n) is 19.0. The molecule has 0 aromatic carbocycles. The Kier molecular flexibility index (Phi) is 12.2. The summed E-state index contributed by atoms with van der Waals surface area (Å²) in [6, 6.07) is -5.48. The molecule has 0 radical (unpaired) electrons. The topological polar surface area (TPSA) is 265 Å². The van der Waals surface area contributed by atoms with Crippen molar-refractivity contribution in [3.05, 3.63) is 18.2 Å². The van der Waals surface area contributed by atoms with E-state index in [9.17, 15) is 33.9 Å². The van der Waals surface area contributed by atoms with Crippen LogP contribution in [0.1, 0.15) is 25.0 Å². The standard InChI is InChI=1S/C19H30N8O7S/c1-35-3-2-11(19(33)34)25-17(31)13(6-15(22)29)27-18(32)12(5-14(21)28)26-16(30)10(20)4-9-7-23-8-24-9/h7-8,10-13H,2-6,20H2,1H3,(H2,21,28)(H2,22,29)(H,23,24)(H,25,31)(H,26,30)(H,27,32)(H,33,34). The van der Waals surface area contributed by atoms with Crippen LogP contribution in [0.25, 0.3) is 0 Å². The molecule has 194 valence electrons. The Balaban J connectivity index is 2.94. The van der Waals surface area contributed by atoms with Crippen LogP contribution in [0.5, 0.6) is 0 Å². The number of aromatic nitrogens is 2. The predicted octanol–water partition coefficient (Wildman–Crippen LogP) is -3.68. The number of carboxylic acid groups (broad SMARTS) is 1. The number of nitrogens with zero attached hydrogens (tertiary/aromatic N) is 1. The Morgan fingerprint density at radius 1 is 0.971 bits per heavy atom.